The lowest BCUT2D eigenvalue weighted by Crippen LogP contribution is -2.49. The van der Waals surface area contributed by atoms with Crippen molar-refractivity contribution in [2.75, 3.05) is 5.73 Å². The van der Waals surface area contributed by atoms with Crippen molar-refractivity contribution >= 4 is 17.6 Å². The second-order valence-electron chi connectivity index (χ2n) is 7.66. The van der Waals surface area contributed by atoms with E-state index in [1.165, 1.54) is 0 Å². The van der Waals surface area contributed by atoms with Crippen LogP contribution in [0.3, 0.4) is 0 Å². The van der Waals surface area contributed by atoms with Gasteiger partial charge >= 0.3 is 5.97 Å². The van der Waals surface area contributed by atoms with E-state index < -0.39 is 17.6 Å². The highest BCUT2D eigenvalue weighted by Gasteiger charge is 2.32. The van der Waals surface area contributed by atoms with Crippen LogP contribution in [0.1, 0.15) is 49.2 Å². The Morgan fingerprint density at radius 1 is 1.07 bits per heavy atom. The first kappa shape index (κ1) is 20.5. The Morgan fingerprint density at radius 2 is 1.70 bits per heavy atom. The van der Waals surface area contributed by atoms with E-state index in [9.17, 15) is 9.59 Å². The van der Waals surface area contributed by atoms with Gasteiger partial charge < -0.3 is 15.4 Å². The van der Waals surface area contributed by atoms with Crippen molar-refractivity contribution in [3.8, 4) is 0 Å². The number of carbonyl (C=O) groups excluding carboxylic acids is 2. The van der Waals surface area contributed by atoms with E-state index in [4.69, 9.17) is 10.5 Å². The minimum Gasteiger partial charge on any atom is -0.449 e. The van der Waals surface area contributed by atoms with E-state index in [0.29, 0.717) is 12.2 Å². The summed E-state index contributed by atoms with van der Waals surface area (Å²) >= 11 is 0. The molecular weight excluding hydrogens is 340 g/mol. The average molecular weight is 368 g/mol. The lowest BCUT2D eigenvalue weighted by atomic mass is 10.0. The zero-order chi connectivity index (χ0) is 20.2. The third-order valence-electron chi connectivity index (χ3n) is 4.43. The number of hydrogen-bond acceptors (Lipinski definition) is 4. The van der Waals surface area contributed by atoms with Crippen LogP contribution >= 0.6 is 0 Å². The van der Waals surface area contributed by atoms with Crippen LogP contribution < -0.4 is 5.73 Å². The lowest BCUT2D eigenvalue weighted by molar-refractivity contribution is -0.145. The minimum atomic E-state index is -0.916. The first-order valence-corrected chi connectivity index (χ1v) is 9.02. The Hall–Kier alpha value is -2.82. The molecule has 0 aromatic heterocycles. The minimum absolute atomic E-state index is 0.245. The van der Waals surface area contributed by atoms with Crippen LogP contribution in [0.25, 0.3) is 0 Å². The van der Waals surface area contributed by atoms with E-state index in [2.05, 4.69) is 0 Å². The summed E-state index contributed by atoms with van der Waals surface area (Å²) in [5.41, 5.74) is 8.01. The van der Waals surface area contributed by atoms with Crippen molar-refractivity contribution in [3.63, 3.8) is 0 Å². The second-order valence-corrected chi connectivity index (χ2v) is 7.66. The summed E-state index contributed by atoms with van der Waals surface area (Å²) in [4.78, 5) is 27.2. The predicted molar refractivity (Wildman–Crippen MR) is 107 cm³/mol. The Labute approximate surface area is 161 Å². The average Bonchev–Trinajstić information content (AvgIpc) is 2.61. The molecule has 0 radical (unpaired) electrons. The molecule has 5 heteroatoms. The van der Waals surface area contributed by atoms with Gasteiger partial charge in [0.2, 0.25) is 0 Å². The molecule has 27 heavy (non-hydrogen) atoms. The van der Waals surface area contributed by atoms with Gasteiger partial charge in [-0.1, -0.05) is 42.5 Å². The largest absolute Gasteiger partial charge is 0.449 e. The summed E-state index contributed by atoms with van der Waals surface area (Å²) in [5.74, 6) is -0.837. The molecule has 0 unspecified atom stereocenters. The van der Waals surface area contributed by atoms with Crippen molar-refractivity contribution in [2.45, 2.75) is 52.8 Å². The summed E-state index contributed by atoms with van der Waals surface area (Å²) in [5, 5.41) is 0. The summed E-state index contributed by atoms with van der Waals surface area (Å²) in [7, 11) is 0. The first-order chi connectivity index (χ1) is 12.6. The molecule has 5 nitrogen and oxygen atoms in total. The molecule has 144 valence electrons. The molecule has 0 aliphatic rings. The maximum Gasteiger partial charge on any atom is 0.341 e. The fraction of sp³-hybridized carbons (Fsp3) is 0.364. The van der Waals surface area contributed by atoms with Crippen LogP contribution in [0.2, 0.25) is 0 Å². The maximum atomic E-state index is 13.0. The summed E-state index contributed by atoms with van der Waals surface area (Å²) in [6.45, 7) is 9.73. The van der Waals surface area contributed by atoms with Gasteiger partial charge in [-0.25, -0.2) is 4.79 Å². The van der Waals surface area contributed by atoms with Crippen LogP contribution in [0, 0.1) is 6.92 Å². The number of esters is 1. The van der Waals surface area contributed by atoms with Gasteiger partial charge in [0, 0.05) is 17.8 Å². The Bertz CT molecular complexity index is 810. The van der Waals surface area contributed by atoms with Gasteiger partial charge in [0.25, 0.3) is 5.91 Å². The molecule has 1 atom stereocenters. The molecule has 0 spiro atoms. The number of nitrogen functional groups attached to an aromatic ring is 1. The molecular formula is C22H28N2O3. The fourth-order valence-electron chi connectivity index (χ4n) is 2.76. The molecule has 1 amide bonds. The SMILES string of the molecule is Cc1cccc(C(=O)O[C@@H](C)C(=O)N(Cc2ccccc2)C(C)(C)C)c1N. The number of amides is 1. The standard InChI is InChI=1S/C22H28N2O3/c1-15-10-9-13-18(19(15)23)21(26)27-16(2)20(25)24(22(3,4)5)14-17-11-7-6-8-12-17/h6-13,16H,14,23H2,1-5H3/t16-/m0/s1. The van der Waals surface area contributed by atoms with E-state index in [-0.39, 0.29) is 11.5 Å². The molecule has 0 saturated heterocycles. The number of benzene rings is 2. The van der Waals surface area contributed by atoms with E-state index in [1.54, 1.807) is 24.0 Å². The third-order valence-corrected chi connectivity index (χ3v) is 4.43. The molecule has 0 bridgehead atoms. The van der Waals surface area contributed by atoms with Crippen LogP contribution in [0.4, 0.5) is 5.69 Å². The second kappa shape index (κ2) is 8.25. The van der Waals surface area contributed by atoms with Gasteiger partial charge in [-0.2, -0.15) is 0 Å². The Kier molecular flexibility index (Phi) is 6.26. The van der Waals surface area contributed by atoms with E-state index >= 15 is 0 Å². The Morgan fingerprint density at radius 3 is 2.30 bits per heavy atom. The van der Waals surface area contributed by atoms with Crippen molar-refractivity contribution < 1.29 is 14.3 Å². The van der Waals surface area contributed by atoms with Crippen molar-refractivity contribution in [2.24, 2.45) is 0 Å². The number of hydrogen-bond donors (Lipinski definition) is 1. The van der Waals surface area contributed by atoms with Crippen molar-refractivity contribution in [1.29, 1.82) is 0 Å². The summed E-state index contributed by atoms with van der Waals surface area (Å²) in [6.07, 6.45) is -0.916. The number of nitrogens with zero attached hydrogens (tertiary/aromatic N) is 1. The highest BCUT2D eigenvalue weighted by Crippen LogP contribution is 2.22. The predicted octanol–water partition coefficient (Wildman–Crippen LogP) is 3.95. The number of nitrogens with two attached hydrogens (primary N) is 1. The van der Waals surface area contributed by atoms with E-state index in [0.717, 1.165) is 11.1 Å². The quantitative estimate of drug-likeness (QED) is 0.641. The molecule has 0 saturated carbocycles. The van der Waals surface area contributed by atoms with Crippen molar-refractivity contribution in [3.05, 3.63) is 65.2 Å². The van der Waals surface area contributed by atoms with Gasteiger partial charge in [0.15, 0.2) is 6.10 Å². The van der Waals surface area contributed by atoms with Crippen molar-refractivity contribution in [1.82, 2.24) is 4.90 Å². The third kappa shape index (κ3) is 5.09. The van der Waals surface area contributed by atoms with E-state index in [1.807, 2.05) is 64.1 Å². The number of ether oxygens (including phenoxy) is 1. The van der Waals surface area contributed by atoms with Crippen LogP contribution in [0.15, 0.2) is 48.5 Å². The zero-order valence-corrected chi connectivity index (χ0v) is 16.7. The summed E-state index contributed by atoms with van der Waals surface area (Å²) in [6, 6.07) is 14.9. The highest BCUT2D eigenvalue weighted by molar-refractivity contribution is 5.97. The molecule has 2 rings (SSSR count). The molecule has 2 aromatic rings. The van der Waals surface area contributed by atoms with Gasteiger partial charge in [-0.15, -0.1) is 0 Å². The number of rotatable bonds is 5. The number of aryl methyl sites for hydroxylation is 1. The van der Waals surface area contributed by atoms with Gasteiger partial charge in [0.05, 0.1) is 5.56 Å². The topological polar surface area (TPSA) is 72.6 Å². The number of carbonyl (C=O) groups is 2. The lowest BCUT2D eigenvalue weighted by Gasteiger charge is -2.37. The highest BCUT2D eigenvalue weighted by atomic mass is 16.5. The van der Waals surface area contributed by atoms with Crippen LogP contribution in [-0.4, -0.2) is 28.4 Å². The monoisotopic (exact) mass is 368 g/mol. The molecule has 2 aromatic carbocycles. The number of para-hydroxylation sites is 1. The zero-order valence-electron chi connectivity index (χ0n) is 16.7. The first-order valence-electron chi connectivity index (χ1n) is 9.02. The molecule has 0 fully saturated rings. The molecule has 2 N–H and O–H groups in total. The van der Waals surface area contributed by atoms with Crippen LogP contribution in [-0.2, 0) is 16.1 Å². The molecule has 0 aliphatic carbocycles. The summed E-state index contributed by atoms with van der Waals surface area (Å²) < 4.78 is 5.44. The normalized spacial score (nSPS) is 12.3. The smallest absolute Gasteiger partial charge is 0.341 e. The number of anilines is 1. The molecule has 0 aliphatic heterocycles. The van der Waals surface area contributed by atoms with Gasteiger partial charge in [-0.05, 0) is 51.8 Å². The fourth-order valence-corrected chi connectivity index (χ4v) is 2.76. The van der Waals surface area contributed by atoms with Gasteiger partial charge in [-0.3, -0.25) is 4.79 Å². The van der Waals surface area contributed by atoms with Crippen LogP contribution in [0.5, 0.6) is 0 Å². The Balaban J connectivity index is 2.17. The molecule has 0 heterocycles. The van der Waals surface area contributed by atoms with Gasteiger partial charge in [0.1, 0.15) is 0 Å². The maximum absolute atomic E-state index is 13.0.